The second-order valence-electron chi connectivity index (χ2n) is 5.79. The van der Waals surface area contributed by atoms with E-state index in [1.54, 1.807) is 38.1 Å². The van der Waals surface area contributed by atoms with E-state index in [-0.39, 0.29) is 18.9 Å². The third-order valence-electron chi connectivity index (χ3n) is 3.28. The highest BCUT2D eigenvalue weighted by atomic mass is 35.5. The van der Waals surface area contributed by atoms with Crippen molar-refractivity contribution in [2.45, 2.75) is 39.4 Å². The zero-order chi connectivity index (χ0) is 19.0. The molecule has 0 bridgehead atoms. The van der Waals surface area contributed by atoms with Crippen molar-refractivity contribution < 1.29 is 29.0 Å². The fraction of sp³-hybridized carbons (Fsp3) is 0.471. The number of carbonyl (C=O) groups excluding carboxylic acids is 2. The summed E-state index contributed by atoms with van der Waals surface area (Å²) in [6.45, 7) is 4.81. The Morgan fingerprint density at radius 3 is 2.24 bits per heavy atom. The van der Waals surface area contributed by atoms with Crippen molar-refractivity contribution in [1.82, 2.24) is 5.32 Å². The van der Waals surface area contributed by atoms with Crippen LogP contribution in [-0.2, 0) is 19.1 Å². The monoisotopic (exact) mass is 371 g/mol. The number of carboxylic acids is 1. The highest BCUT2D eigenvalue weighted by Crippen LogP contribution is 2.21. The molecule has 0 aliphatic carbocycles. The van der Waals surface area contributed by atoms with Crippen molar-refractivity contribution in [3.63, 3.8) is 0 Å². The maximum atomic E-state index is 11.8. The van der Waals surface area contributed by atoms with Crippen LogP contribution in [0.4, 0.5) is 4.79 Å². The Balaban J connectivity index is 2.58. The van der Waals surface area contributed by atoms with Gasteiger partial charge in [0.15, 0.2) is 0 Å². The van der Waals surface area contributed by atoms with Crippen LogP contribution in [0.5, 0.6) is 0 Å². The van der Waals surface area contributed by atoms with Gasteiger partial charge in [-0.25, -0.2) is 4.79 Å². The molecule has 0 heterocycles. The number of alkyl carbamates (subject to hydrolysis) is 1. The number of carbonyl (C=O) groups is 3. The summed E-state index contributed by atoms with van der Waals surface area (Å²) in [4.78, 5) is 34.2. The lowest BCUT2D eigenvalue weighted by atomic mass is 9.96. The number of hydrogen-bond acceptors (Lipinski definition) is 5. The van der Waals surface area contributed by atoms with Gasteiger partial charge in [0.25, 0.3) is 0 Å². The molecule has 0 unspecified atom stereocenters. The molecule has 0 radical (unpaired) electrons. The number of nitrogens with one attached hydrogen (secondary N) is 1. The maximum Gasteiger partial charge on any atom is 0.410 e. The Labute approximate surface area is 151 Å². The second kappa shape index (κ2) is 9.88. The molecule has 2 N–H and O–H groups in total. The molecular formula is C17H22ClNO6. The molecule has 1 rings (SSSR count). The highest BCUT2D eigenvalue weighted by molar-refractivity contribution is 6.30. The van der Waals surface area contributed by atoms with Gasteiger partial charge in [0.1, 0.15) is 0 Å². The summed E-state index contributed by atoms with van der Waals surface area (Å²) < 4.78 is 9.84. The van der Waals surface area contributed by atoms with Crippen molar-refractivity contribution in [3.8, 4) is 0 Å². The van der Waals surface area contributed by atoms with E-state index in [1.165, 1.54) is 6.92 Å². The lowest BCUT2D eigenvalue weighted by molar-refractivity contribution is -0.168. The molecule has 0 aliphatic rings. The Bertz CT molecular complexity index is 602. The lowest BCUT2D eigenvalue weighted by Crippen LogP contribution is -2.34. The van der Waals surface area contributed by atoms with E-state index < -0.39 is 30.2 Å². The summed E-state index contributed by atoms with van der Waals surface area (Å²) in [5.41, 5.74) is 0.728. The molecule has 0 saturated carbocycles. The van der Waals surface area contributed by atoms with Crippen LogP contribution in [0.1, 0.15) is 38.7 Å². The summed E-state index contributed by atoms with van der Waals surface area (Å²) in [5.74, 6) is -2.26. The molecule has 138 valence electrons. The van der Waals surface area contributed by atoms with Gasteiger partial charge in [-0.05, 0) is 17.7 Å². The number of benzene rings is 1. The first-order valence-electron chi connectivity index (χ1n) is 7.81. The number of hydrogen-bond donors (Lipinski definition) is 2. The van der Waals surface area contributed by atoms with Crippen LogP contribution in [0.2, 0.25) is 5.02 Å². The first kappa shape index (κ1) is 20.8. The van der Waals surface area contributed by atoms with Crippen LogP contribution >= 0.6 is 11.6 Å². The Hall–Kier alpha value is -2.28. The average molecular weight is 372 g/mol. The predicted molar refractivity (Wildman–Crippen MR) is 91.3 cm³/mol. The van der Waals surface area contributed by atoms with Crippen molar-refractivity contribution in [2.24, 2.45) is 5.92 Å². The van der Waals surface area contributed by atoms with Crippen molar-refractivity contribution in [2.75, 3.05) is 6.54 Å². The molecule has 0 spiro atoms. The molecule has 1 amide bonds. The van der Waals surface area contributed by atoms with Gasteiger partial charge in [-0.15, -0.1) is 0 Å². The minimum absolute atomic E-state index is 0.0532. The van der Waals surface area contributed by atoms with Crippen LogP contribution in [0.25, 0.3) is 0 Å². The van der Waals surface area contributed by atoms with Crippen molar-refractivity contribution in [3.05, 3.63) is 34.9 Å². The normalized spacial score (nSPS) is 13.0. The smallest absolute Gasteiger partial charge is 0.410 e. The van der Waals surface area contributed by atoms with E-state index in [0.717, 1.165) is 5.56 Å². The van der Waals surface area contributed by atoms with E-state index in [1.807, 2.05) is 0 Å². The molecule has 7 nitrogen and oxygen atoms in total. The molecule has 0 aromatic heterocycles. The second-order valence-corrected chi connectivity index (χ2v) is 6.23. The quantitative estimate of drug-likeness (QED) is 0.537. The number of aliphatic carboxylic acids is 1. The molecule has 0 fully saturated rings. The first-order chi connectivity index (χ1) is 11.7. The van der Waals surface area contributed by atoms with Crippen LogP contribution in [0.15, 0.2) is 24.3 Å². The van der Waals surface area contributed by atoms with Crippen molar-refractivity contribution in [1.29, 1.82) is 0 Å². The molecule has 1 aromatic carbocycles. The van der Waals surface area contributed by atoms with E-state index >= 15 is 0 Å². The molecule has 0 aliphatic heterocycles. The number of rotatable bonds is 8. The highest BCUT2D eigenvalue weighted by Gasteiger charge is 2.19. The average Bonchev–Trinajstić information content (AvgIpc) is 2.51. The maximum absolute atomic E-state index is 11.8. The van der Waals surface area contributed by atoms with Gasteiger partial charge in [0.2, 0.25) is 6.29 Å². The SMILES string of the molecule is CC(C)C(=O)O[C@@H](C)OC(=O)NC[C@H](CC(=O)O)c1ccc(Cl)cc1. The summed E-state index contributed by atoms with van der Waals surface area (Å²) in [6.07, 6.45) is -2.00. The van der Waals surface area contributed by atoms with Crippen molar-refractivity contribution >= 4 is 29.6 Å². The standard InChI is InChI=1S/C17H22ClNO6/c1-10(2)16(22)24-11(3)25-17(23)19-9-13(8-15(20)21)12-4-6-14(18)7-5-12/h4-7,10-11,13H,8-9H2,1-3H3,(H,19,23)(H,20,21)/t11-,13+/m1/s1. The van der Waals surface area contributed by atoms with E-state index in [2.05, 4.69) is 5.32 Å². The van der Waals surface area contributed by atoms with Crippen LogP contribution < -0.4 is 5.32 Å². The summed E-state index contributed by atoms with van der Waals surface area (Å²) in [7, 11) is 0. The van der Waals surface area contributed by atoms with Crippen LogP contribution in [-0.4, -0.2) is 36.0 Å². The summed E-state index contributed by atoms with van der Waals surface area (Å²) in [5, 5.41) is 12.1. The summed E-state index contributed by atoms with van der Waals surface area (Å²) in [6, 6.07) is 6.71. The fourth-order valence-electron chi connectivity index (χ4n) is 1.98. The largest absolute Gasteiger partial charge is 0.481 e. The number of amides is 1. The summed E-state index contributed by atoms with van der Waals surface area (Å²) >= 11 is 5.82. The molecule has 2 atom stereocenters. The van der Waals surface area contributed by atoms with E-state index in [0.29, 0.717) is 5.02 Å². The van der Waals surface area contributed by atoms with Gasteiger partial charge in [-0.1, -0.05) is 37.6 Å². The first-order valence-corrected chi connectivity index (χ1v) is 8.19. The molecule has 0 saturated heterocycles. The zero-order valence-corrected chi connectivity index (χ0v) is 15.1. The predicted octanol–water partition coefficient (Wildman–Crippen LogP) is 3.17. The molecule has 25 heavy (non-hydrogen) atoms. The van der Waals surface area contributed by atoms with E-state index in [9.17, 15) is 14.4 Å². The topological polar surface area (TPSA) is 102 Å². The molecule has 1 aromatic rings. The molecular weight excluding hydrogens is 350 g/mol. The minimum Gasteiger partial charge on any atom is -0.481 e. The van der Waals surface area contributed by atoms with Gasteiger partial charge in [0, 0.05) is 24.4 Å². The third-order valence-corrected chi connectivity index (χ3v) is 3.53. The van der Waals surface area contributed by atoms with Gasteiger partial charge in [-0.3, -0.25) is 9.59 Å². The fourth-order valence-corrected chi connectivity index (χ4v) is 2.10. The van der Waals surface area contributed by atoms with Gasteiger partial charge in [0.05, 0.1) is 12.3 Å². The number of carboxylic acid groups (broad SMARTS) is 1. The Kier molecular flexibility index (Phi) is 8.21. The lowest BCUT2D eigenvalue weighted by Gasteiger charge is -2.19. The zero-order valence-electron chi connectivity index (χ0n) is 14.3. The van der Waals surface area contributed by atoms with Crippen LogP contribution in [0, 0.1) is 5.92 Å². The third kappa shape index (κ3) is 7.89. The van der Waals surface area contributed by atoms with Gasteiger partial charge >= 0.3 is 18.0 Å². The number of esters is 1. The number of halogens is 1. The van der Waals surface area contributed by atoms with E-state index in [4.69, 9.17) is 26.2 Å². The van der Waals surface area contributed by atoms with Gasteiger partial charge < -0.3 is 19.9 Å². The number of ether oxygens (including phenoxy) is 2. The minimum atomic E-state index is -1.04. The Morgan fingerprint density at radius 2 is 1.72 bits per heavy atom. The van der Waals surface area contributed by atoms with Crippen LogP contribution in [0.3, 0.4) is 0 Å². The molecule has 8 heteroatoms. The Morgan fingerprint density at radius 1 is 1.12 bits per heavy atom. The van der Waals surface area contributed by atoms with Gasteiger partial charge in [-0.2, -0.15) is 0 Å².